The summed E-state index contributed by atoms with van der Waals surface area (Å²) in [7, 11) is 0.318. The van der Waals surface area contributed by atoms with Crippen LogP contribution in [0.1, 0.15) is 41.0 Å². The lowest BCUT2D eigenvalue weighted by Gasteiger charge is -2.30. The van der Waals surface area contributed by atoms with Crippen molar-refractivity contribution in [2.24, 2.45) is 0 Å². The van der Waals surface area contributed by atoms with Crippen molar-refractivity contribution >= 4 is 21.6 Å². The second-order valence-corrected chi connectivity index (χ2v) is 10.5. The van der Waals surface area contributed by atoms with E-state index >= 15 is 0 Å². The van der Waals surface area contributed by atoms with Gasteiger partial charge in [0, 0.05) is 26.1 Å². The van der Waals surface area contributed by atoms with Crippen LogP contribution in [-0.2, 0) is 34.1 Å². The number of amides is 1. The first-order chi connectivity index (χ1) is 14.8. The van der Waals surface area contributed by atoms with E-state index in [1.165, 1.54) is 21.7 Å². The fourth-order valence-corrected chi connectivity index (χ4v) is 5.87. The summed E-state index contributed by atoms with van der Waals surface area (Å²) in [6.45, 7) is 1.15. The highest BCUT2D eigenvalue weighted by atomic mass is 32.2. The van der Waals surface area contributed by atoms with Crippen LogP contribution in [0.4, 0.5) is 5.69 Å². The Bertz CT molecular complexity index is 1100. The molecule has 2 aliphatic rings. The van der Waals surface area contributed by atoms with Gasteiger partial charge in [0.15, 0.2) is 0 Å². The Hall–Kier alpha value is -2.54. The molecule has 1 aliphatic heterocycles. The number of anilines is 1. The standard InChI is InChI=1S/C24H30N2O4S/c1-25(16-19-6-4-8-21-20(19)7-5-9-23(21)30-2)24(27)15-17-10-11-22-18(14-17)12-13-26(22)31(3,28)29/h5,7,9-11,14,19H,4,6,8,12-13,15-16H2,1-3H3/t19-/m0/s1. The smallest absolute Gasteiger partial charge is 0.232 e. The predicted molar refractivity (Wildman–Crippen MR) is 122 cm³/mol. The average Bonchev–Trinajstić information content (AvgIpc) is 3.17. The van der Waals surface area contributed by atoms with E-state index in [0.717, 1.165) is 41.8 Å². The van der Waals surface area contributed by atoms with Crippen molar-refractivity contribution in [3.8, 4) is 5.75 Å². The molecular formula is C24H30N2O4S. The molecule has 0 saturated heterocycles. The fourth-order valence-electron chi connectivity index (χ4n) is 4.92. The lowest BCUT2D eigenvalue weighted by atomic mass is 9.82. The highest BCUT2D eigenvalue weighted by Crippen LogP contribution is 2.37. The molecule has 0 bridgehead atoms. The molecule has 4 rings (SSSR count). The van der Waals surface area contributed by atoms with Crippen LogP contribution < -0.4 is 9.04 Å². The molecule has 7 heteroatoms. The number of hydrogen-bond acceptors (Lipinski definition) is 4. The number of methoxy groups -OCH3 is 1. The number of likely N-dealkylation sites (N-methyl/N-ethyl adjacent to an activating group) is 1. The summed E-state index contributed by atoms with van der Waals surface area (Å²) in [5.41, 5.74) is 5.22. The third kappa shape index (κ3) is 4.42. The van der Waals surface area contributed by atoms with Gasteiger partial charge in [-0.05, 0) is 60.1 Å². The molecule has 0 unspecified atom stereocenters. The van der Waals surface area contributed by atoms with Crippen molar-refractivity contribution in [3.63, 3.8) is 0 Å². The van der Waals surface area contributed by atoms with Crippen LogP contribution in [-0.4, -0.2) is 52.7 Å². The predicted octanol–water partition coefficient (Wildman–Crippen LogP) is 3.14. The normalized spacial score (nSPS) is 17.8. The maximum Gasteiger partial charge on any atom is 0.232 e. The number of carbonyl (C=O) groups excluding carboxylic acids is 1. The Labute approximate surface area is 184 Å². The molecule has 6 nitrogen and oxygen atoms in total. The summed E-state index contributed by atoms with van der Waals surface area (Å²) in [6, 6.07) is 11.9. The number of sulfonamides is 1. The van der Waals surface area contributed by atoms with Gasteiger partial charge in [0.05, 0.1) is 25.5 Å². The van der Waals surface area contributed by atoms with E-state index in [4.69, 9.17) is 4.74 Å². The molecule has 0 spiro atoms. The topological polar surface area (TPSA) is 66.9 Å². The minimum atomic E-state index is -3.26. The van der Waals surface area contributed by atoms with Crippen LogP contribution in [0.2, 0.25) is 0 Å². The van der Waals surface area contributed by atoms with Gasteiger partial charge in [-0.15, -0.1) is 0 Å². The zero-order valence-electron chi connectivity index (χ0n) is 18.4. The minimum absolute atomic E-state index is 0.0768. The zero-order valence-corrected chi connectivity index (χ0v) is 19.2. The maximum absolute atomic E-state index is 12.9. The molecule has 1 aliphatic carbocycles. The fraction of sp³-hybridized carbons (Fsp3) is 0.458. The van der Waals surface area contributed by atoms with Gasteiger partial charge in [-0.1, -0.05) is 24.3 Å². The summed E-state index contributed by atoms with van der Waals surface area (Å²) < 4.78 is 30.8. The largest absolute Gasteiger partial charge is 0.496 e. The molecule has 0 fully saturated rings. The molecule has 2 aromatic rings. The third-order valence-corrected chi connectivity index (χ3v) is 7.66. The number of fused-ring (bicyclic) bond motifs is 2. The summed E-state index contributed by atoms with van der Waals surface area (Å²) in [4.78, 5) is 14.8. The van der Waals surface area contributed by atoms with Crippen LogP contribution in [0.25, 0.3) is 0 Å². The number of benzene rings is 2. The minimum Gasteiger partial charge on any atom is -0.496 e. The van der Waals surface area contributed by atoms with Gasteiger partial charge in [-0.25, -0.2) is 8.42 Å². The quantitative estimate of drug-likeness (QED) is 0.689. The molecule has 166 valence electrons. The van der Waals surface area contributed by atoms with Crippen molar-refractivity contribution in [2.45, 2.75) is 38.0 Å². The summed E-state index contributed by atoms with van der Waals surface area (Å²) >= 11 is 0. The molecular weight excluding hydrogens is 412 g/mol. The number of nitrogens with zero attached hydrogens (tertiary/aromatic N) is 2. The Morgan fingerprint density at radius 3 is 2.77 bits per heavy atom. The lowest BCUT2D eigenvalue weighted by molar-refractivity contribution is -0.129. The number of hydrogen-bond donors (Lipinski definition) is 0. The number of rotatable bonds is 6. The molecule has 0 aromatic heterocycles. The van der Waals surface area contributed by atoms with Crippen molar-refractivity contribution in [3.05, 3.63) is 58.7 Å². The first-order valence-corrected chi connectivity index (χ1v) is 12.6. The molecule has 2 aromatic carbocycles. The number of ether oxygens (including phenoxy) is 1. The van der Waals surface area contributed by atoms with E-state index in [2.05, 4.69) is 6.07 Å². The SMILES string of the molecule is COc1cccc2c1CCC[C@H]2CN(C)C(=O)Cc1ccc2c(c1)CCN2S(C)(=O)=O. The van der Waals surface area contributed by atoms with Gasteiger partial charge in [0.1, 0.15) is 5.75 Å². The average molecular weight is 443 g/mol. The van der Waals surface area contributed by atoms with Gasteiger partial charge in [0.2, 0.25) is 15.9 Å². The van der Waals surface area contributed by atoms with E-state index in [1.54, 1.807) is 7.11 Å². The van der Waals surface area contributed by atoms with E-state index in [-0.39, 0.29) is 5.91 Å². The highest BCUT2D eigenvalue weighted by Gasteiger charge is 2.27. The molecule has 31 heavy (non-hydrogen) atoms. The van der Waals surface area contributed by atoms with E-state index in [9.17, 15) is 13.2 Å². The van der Waals surface area contributed by atoms with Crippen LogP contribution in [0.3, 0.4) is 0 Å². The first-order valence-electron chi connectivity index (χ1n) is 10.8. The highest BCUT2D eigenvalue weighted by molar-refractivity contribution is 7.92. The van der Waals surface area contributed by atoms with Crippen molar-refractivity contribution in [1.29, 1.82) is 0 Å². The summed E-state index contributed by atoms with van der Waals surface area (Å²) in [6.07, 6.45) is 5.42. The van der Waals surface area contributed by atoms with E-state index < -0.39 is 10.0 Å². The van der Waals surface area contributed by atoms with E-state index in [1.807, 2.05) is 42.3 Å². The molecule has 1 atom stereocenters. The second kappa shape index (κ2) is 8.54. The van der Waals surface area contributed by atoms with Gasteiger partial charge < -0.3 is 9.64 Å². The van der Waals surface area contributed by atoms with Crippen LogP contribution in [0, 0.1) is 0 Å². The number of carbonyl (C=O) groups is 1. The first kappa shape index (κ1) is 21.7. The Kier molecular flexibility index (Phi) is 5.97. The van der Waals surface area contributed by atoms with Crippen LogP contribution >= 0.6 is 0 Å². The van der Waals surface area contributed by atoms with Crippen molar-refractivity contribution in [1.82, 2.24) is 4.90 Å². The lowest BCUT2D eigenvalue weighted by Crippen LogP contribution is -2.33. The van der Waals surface area contributed by atoms with Gasteiger partial charge in [-0.2, -0.15) is 0 Å². The van der Waals surface area contributed by atoms with Gasteiger partial charge in [0.25, 0.3) is 0 Å². The Balaban J connectivity index is 1.44. The molecule has 0 N–H and O–H groups in total. The van der Waals surface area contributed by atoms with Crippen LogP contribution in [0.5, 0.6) is 5.75 Å². The Morgan fingerprint density at radius 1 is 1.23 bits per heavy atom. The maximum atomic E-state index is 12.9. The monoisotopic (exact) mass is 442 g/mol. The molecule has 1 amide bonds. The zero-order chi connectivity index (χ0) is 22.2. The molecule has 1 heterocycles. The van der Waals surface area contributed by atoms with E-state index in [0.29, 0.717) is 31.8 Å². The molecule has 0 saturated carbocycles. The van der Waals surface area contributed by atoms with Crippen LogP contribution in [0.15, 0.2) is 36.4 Å². The van der Waals surface area contributed by atoms with Crippen molar-refractivity contribution in [2.75, 3.05) is 37.8 Å². The van der Waals surface area contributed by atoms with Crippen molar-refractivity contribution < 1.29 is 17.9 Å². The van der Waals surface area contributed by atoms with Gasteiger partial charge in [-0.3, -0.25) is 9.10 Å². The second-order valence-electron chi connectivity index (χ2n) is 8.62. The summed E-state index contributed by atoms with van der Waals surface area (Å²) in [5.74, 6) is 1.33. The summed E-state index contributed by atoms with van der Waals surface area (Å²) in [5, 5.41) is 0. The molecule has 0 radical (unpaired) electrons. The Morgan fingerprint density at radius 2 is 2.03 bits per heavy atom. The van der Waals surface area contributed by atoms with Gasteiger partial charge >= 0.3 is 0 Å². The third-order valence-electron chi connectivity index (χ3n) is 6.48.